The Kier molecular flexibility index (Phi) is 5.12. The second-order valence-corrected chi connectivity index (χ2v) is 0.901. The molecule has 0 aromatic carbocycles. The van der Waals surface area contributed by atoms with Crippen molar-refractivity contribution in [2.45, 2.75) is 6.42 Å². The van der Waals surface area contributed by atoms with Crippen LogP contribution in [0.15, 0.2) is 12.3 Å². The summed E-state index contributed by atoms with van der Waals surface area (Å²) in [4.78, 5) is 0. The van der Waals surface area contributed by atoms with Crippen LogP contribution < -0.4 is 0 Å². The molecule has 0 atom stereocenters. The first kappa shape index (κ1) is 8.90. The molecule has 0 aliphatic carbocycles. The molecule has 0 unspecified atom stereocenters. The van der Waals surface area contributed by atoms with Gasteiger partial charge in [-0.3, -0.25) is 0 Å². The third-order valence-electron chi connectivity index (χ3n) is 0.283. The van der Waals surface area contributed by atoms with E-state index in [4.69, 9.17) is 10.4 Å². The Morgan fingerprint density at radius 1 is 1.86 bits per heavy atom. The number of nitrogens with zero attached hydrogens (tertiary/aromatic N) is 1. The van der Waals surface area contributed by atoms with Crippen LogP contribution in [0, 0.1) is 11.3 Å². The van der Waals surface area contributed by atoms with Gasteiger partial charge in [-0.05, 0) is 0 Å². The second-order valence-electron chi connectivity index (χ2n) is 0.901. The predicted octanol–water partition coefficient (Wildman–Crippen LogP) is 0.972. The van der Waals surface area contributed by atoms with E-state index in [9.17, 15) is 0 Å². The first-order valence-corrected chi connectivity index (χ1v) is 1.51. The SMILES string of the molecule is C=C(O)CC#N.[Rf]. The van der Waals surface area contributed by atoms with Crippen LogP contribution in [0.1, 0.15) is 6.42 Å². The third-order valence-corrected chi connectivity index (χ3v) is 0.283. The summed E-state index contributed by atoms with van der Waals surface area (Å²) in [7, 11) is 0. The number of allylic oxidation sites excluding steroid dienone is 1. The molecule has 1 N–H and O–H groups in total. The summed E-state index contributed by atoms with van der Waals surface area (Å²) in [6.45, 7) is 3.08. The average Bonchev–Trinajstić information content (AvgIpc) is 1.35. The molecule has 0 radical (unpaired) electrons. The first-order chi connectivity index (χ1) is 2.77. The quantitative estimate of drug-likeness (QED) is 0.717. The van der Waals surface area contributed by atoms with Crippen LogP contribution in [0.2, 0.25) is 0 Å². The monoisotopic (exact) mass is 350 g/mol. The fourth-order valence-electron chi connectivity index (χ4n) is 0.0913. The minimum absolute atomic E-state index is 0. The van der Waals surface area contributed by atoms with Crippen molar-refractivity contribution in [3.05, 3.63) is 12.3 Å². The number of hydrogen-bond donors (Lipinski definition) is 1. The molecule has 0 bridgehead atoms. The van der Waals surface area contributed by atoms with Crippen molar-refractivity contribution >= 4 is 0 Å². The fraction of sp³-hybridized carbons (Fsp3) is 0.250. The Balaban J connectivity index is 0. The third kappa shape index (κ3) is 15.7. The van der Waals surface area contributed by atoms with Crippen LogP contribution in [0.4, 0.5) is 0 Å². The first-order valence-electron chi connectivity index (χ1n) is 1.51. The van der Waals surface area contributed by atoms with E-state index in [1.807, 2.05) is 0 Å². The molecule has 7 heavy (non-hydrogen) atoms. The van der Waals surface area contributed by atoms with Crippen molar-refractivity contribution in [3.63, 3.8) is 0 Å². The molecule has 0 fully saturated rings. The number of aliphatic hydroxyl groups is 1. The van der Waals surface area contributed by atoms with Gasteiger partial charge in [-0.25, -0.2) is 0 Å². The minimum Gasteiger partial charge on any atom is -0.512 e. The Morgan fingerprint density at radius 3 is 2.29 bits per heavy atom. The molecular weight excluding hydrogens is 345 g/mol. The average molecular weight is 350 g/mol. The standard InChI is InChI=1S/C4H5NO.Rf/c1-4(6)2-3-5;/h6H,1-2H2;. The van der Waals surface area contributed by atoms with Crippen LogP contribution >= 0.6 is 0 Å². The molecule has 3 heteroatoms. The molecule has 0 rings (SSSR count). The maximum atomic E-state index is 8.14. The number of rotatable bonds is 1. The van der Waals surface area contributed by atoms with Gasteiger partial charge >= 0.3 is 0 Å². The van der Waals surface area contributed by atoms with E-state index in [0.717, 1.165) is 0 Å². The van der Waals surface area contributed by atoms with Gasteiger partial charge in [0.15, 0.2) is 0 Å². The van der Waals surface area contributed by atoms with Gasteiger partial charge < -0.3 is 5.11 Å². The molecule has 0 spiro atoms. The zero-order chi connectivity index (χ0) is 4.99. The smallest absolute Gasteiger partial charge is 0.0991 e. The normalized spacial score (nSPS) is 5.57. The molecule has 0 aromatic heterocycles. The summed E-state index contributed by atoms with van der Waals surface area (Å²) in [5, 5.41) is 15.9. The van der Waals surface area contributed by atoms with E-state index in [0.29, 0.717) is 0 Å². The van der Waals surface area contributed by atoms with E-state index in [2.05, 4.69) is 6.58 Å². The van der Waals surface area contributed by atoms with Crippen LogP contribution in [-0.4, -0.2) is 5.11 Å². The molecule has 0 aliphatic rings. The Bertz CT molecular complexity index is 94.4. The maximum Gasteiger partial charge on any atom is 0.0991 e. The molecule has 0 saturated heterocycles. The van der Waals surface area contributed by atoms with E-state index in [1.54, 1.807) is 6.07 Å². The van der Waals surface area contributed by atoms with Crippen LogP contribution in [0.5, 0.6) is 0 Å². The summed E-state index contributed by atoms with van der Waals surface area (Å²) in [6.07, 6.45) is 0.0417. The number of hydrogen-bond acceptors (Lipinski definition) is 2. The molecule has 0 amide bonds. The summed E-state index contributed by atoms with van der Waals surface area (Å²) < 4.78 is 0. The summed E-state index contributed by atoms with van der Waals surface area (Å²) >= 11 is 0. The van der Waals surface area contributed by atoms with Gasteiger partial charge in [0.2, 0.25) is 0 Å². The second kappa shape index (κ2) is 4.03. The van der Waals surface area contributed by atoms with E-state index >= 15 is 0 Å². The van der Waals surface area contributed by atoms with Gasteiger partial charge in [0.25, 0.3) is 0 Å². The van der Waals surface area contributed by atoms with E-state index < -0.39 is 0 Å². The molecular formula is C4H5NORf. The Hall–Kier alpha value is -1.97. The van der Waals surface area contributed by atoms with Crippen molar-refractivity contribution in [3.8, 4) is 6.07 Å². The summed E-state index contributed by atoms with van der Waals surface area (Å²) in [5.41, 5.74) is 0. The van der Waals surface area contributed by atoms with Crippen molar-refractivity contribution in [1.82, 2.24) is 0 Å². The van der Waals surface area contributed by atoms with Gasteiger partial charge in [0, 0.05) is 0 Å². The summed E-state index contributed by atoms with van der Waals surface area (Å²) in [5.74, 6) is -0.0718. The molecule has 0 heterocycles. The van der Waals surface area contributed by atoms with Gasteiger partial charge in [-0.15, -0.1) is 0 Å². The molecule has 0 aliphatic heterocycles. The topological polar surface area (TPSA) is 44.0 Å². The fourth-order valence-corrected chi connectivity index (χ4v) is 0.0913. The zero-order valence-corrected chi connectivity index (χ0v) is 10.4. The van der Waals surface area contributed by atoms with Crippen molar-refractivity contribution < 1.29 is 5.11 Å². The number of aliphatic hydroxyl groups excluding tert-OH is 1. The number of nitriles is 1. The van der Waals surface area contributed by atoms with Crippen molar-refractivity contribution in [2.24, 2.45) is 0 Å². The summed E-state index contributed by atoms with van der Waals surface area (Å²) in [6, 6.07) is 1.72. The maximum absolute atomic E-state index is 8.14. The van der Waals surface area contributed by atoms with E-state index in [-0.39, 0.29) is 12.2 Å². The Morgan fingerprint density at radius 2 is 2.29 bits per heavy atom. The predicted molar refractivity (Wildman–Crippen MR) is 22.0 cm³/mol. The zero-order valence-electron chi connectivity index (χ0n) is 4.02. The molecule has 34 valence electrons. The van der Waals surface area contributed by atoms with Gasteiger partial charge in [0.1, 0.15) is 0 Å². The van der Waals surface area contributed by atoms with Crippen LogP contribution in [0.25, 0.3) is 0 Å². The van der Waals surface area contributed by atoms with Gasteiger partial charge in [-0.2, -0.15) is 5.26 Å². The minimum atomic E-state index is -0.0718. The Labute approximate surface area is 36.3 Å². The van der Waals surface area contributed by atoms with Gasteiger partial charge in [0.05, 0.1) is 18.2 Å². The van der Waals surface area contributed by atoms with Gasteiger partial charge in [-0.1, -0.05) is 6.58 Å². The van der Waals surface area contributed by atoms with Crippen molar-refractivity contribution in [1.29, 1.82) is 5.26 Å². The molecule has 0 saturated carbocycles. The molecule has 0 aromatic rings. The van der Waals surface area contributed by atoms with Crippen LogP contribution in [-0.2, 0) is 0 Å². The van der Waals surface area contributed by atoms with Crippen LogP contribution in [0.3, 0.4) is 0 Å². The van der Waals surface area contributed by atoms with E-state index in [1.165, 1.54) is 0 Å². The molecule has 2 nitrogen and oxygen atoms in total. The van der Waals surface area contributed by atoms with Crippen molar-refractivity contribution in [2.75, 3.05) is 0 Å². The largest absolute Gasteiger partial charge is 0.512 e.